The highest BCUT2D eigenvalue weighted by Crippen LogP contribution is 2.06. The molecule has 0 rings (SSSR count). The van der Waals surface area contributed by atoms with Gasteiger partial charge >= 0.3 is 0 Å². The van der Waals surface area contributed by atoms with E-state index in [-0.39, 0.29) is 0 Å². The monoisotopic (exact) mass is 170 g/mol. The van der Waals surface area contributed by atoms with Crippen LogP contribution < -0.4 is 11.1 Å². The van der Waals surface area contributed by atoms with E-state index in [2.05, 4.69) is 25.7 Å². The van der Waals surface area contributed by atoms with E-state index in [9.17, 15) is 0 Å². The molecule has 12 heavy (non-hydrogen) atoms. The Hall–Kier alpha value is -0.340. The molecule has 0 aromatic carbocycles. The molecule has 0 bridgehead atoms. The fourth-order valence-corrected chi connectivity index (χ4v) is 1.08. The van der Waals surface area contributed by atoms with E-state index in [1.807, 2.05) is 6.08 Å². The number of rotatable bonds is 7. The SMILES string of the molecule is C=CCCNCC(CN)C(C)C. The van der Waals surface area contributed by atoms with E-state index < -0.39 is 0 Å². The Morgan fingerprint density at radius 3 is 2.58 bits per heavy atom. The quantitative estimate of drug-likeness (QED) is 0.447. The largest absolute Gasteiger partial charge is 0.330 e. The summed E-state index contributed by atoms with van der Waals surface area (Å²) in [6.45, 7) is 10.9. The minimum absolute atomic E-state index is 0.606. The standard InChI is InChI=1S/C10H22N2/c1-4-5-6-12-8-10(7-11)9(2)3/h4,9-10,12H,1,5-8,11H2,2-3H3. The first kappa shape index (κ1) is 11.7. The summed E-state index contributed by atoms with van der Waals surface area (Å²) in [6.07, 6.45) is 2.97. The van der Waals surface area contributed by atoms with Gasteiger partial charge in [-0.1, -0.05) is 19.9 Å². The van der Waals surface area contributed by atoms with E-state index in [4.69, 9.17) is 5.73 Å². The predicted molar refractivity (Wildman–Crippen MR) is 55.1 cm³/mol. The van der Waals surface area contributed by atoms with Crippen molar-refractivity contribution >= 4 is 0 Å². The van der Waals surface area contributed by atoms with Crippen molar-refractivity contribution in [2.45, 2.75) is 20.3 Å². The fourth-order valence-electron chi connectivity index (χ4n) is 1.08. The third kappa shape index (κ3) is 5.33. The summed E-state index contributed by atoms with van der Waals surface area (Å²) in [6, 6.07) is 0. The van der Waals surface area contributed by atoms with Gasteiger partial charge < -0.3 is 11.1 Å². The summed E-state index contributed by atoms with van der Waals surface area (Å²) in [5, 5.41) is 3.37. The van der Waals surface area contributed by atoms with Crippen molar-refractivity contribution in [3.63, 3.8) is 0 Å². The molecule has 0 aliphatic rings. The highest BCUT2D eigenvalue weighted by atomic mass is 14.9. The van der Waals surface area contributed by atoms with Crippen LogP contribution in [0.15, 0.2) is 12.7 Å². The molecule has 1 unspecified atom stereocenters. The highest BCUT2D eigenvalue weighted by Gasteiger charge is 2.09. The summed E-state index contributed by atoms with van der Waals surface area (Å²) < 4.78 is 0. The van der Waals surface area contributed by atoms with Gasteiger partial charge in [0.25, 0.3) is 0 Å². The molecule has 72 valence electrons. The van der Waals surface area contributed by atoms with E-state index in [1.165, 1.54) is 0 Å². The normalized spacial score (nSPS) is 13.3. The molecule has 0 saturated carbocycles. The van der Waals surface area contributed by atoms with Gasteiger partial charge in [0, 0.05) is 0 Å². The molecular weight excluding hydrogens is 148 g/mol. The highest BCUT2D eigenvalue weighted by molar-refractivity contribution is 4.70. The Morgan fingerprint density at radius 2 is 2.17 bits per heavy atom. The Kier molecular flexibility index (Phi) is 7.11. The first-order valence-electron chi connectivity index (χ1n) is 4.74. The molecule has 0 aliphatic carbocycles. The van der Waals surface area contributed by atoms with Crippen molar-refractivity contribution in [3.8, 4) is 0 Å². The molecule has 1 atom stereocenters. The summed E-state index contributed by atoms with van der Waals surface area (Å²) in [4.78, 5) is 0. The lowest BCUT2D eigenvalue weighted by Gasteiger charge is -2.18. The molecule has 2 heteroatoms. The molecule has 0 amide bonds. The van der Waals surface area contributed by atoms with Gasteiger partial charge in [0.2, 0.25) is 0 Å². The van der Waals surface area contributed by atoms with Crippen LogP contribution in [-0.2, 0) is 0 Å². The van der Waals surface area contributed by atoms with Gasteiger partial charge in [-0.05, 0) is 37.9 Å². The Labute approximate surface area is 76.2 Å². The Balaban J connectivity index is 3.38. The van der Waals surface area contributed by atoms with Gasteiger partial charge in [-0.15, -0.1) is 6.58 Å². The number of nitrogens with two attached hydrogens (primary N) is 1. The second-order valence-electron chi connectivity index (χ2n) is 3.52. The summed E-state index contributed by atoms with van der Waals surface area (Å²) in [5.41, 5.74) is 5.63. The smallest absolute Gasteiger partial charge is 0.000588 e. The maximum absolute atomic E-state index is 5.63. The number of hydrogen-bond donors (Lipinski definition) is 2. The van der Waals surface area contributed by atoms with Crippen LogP contribution in [0.4, 0.5) is 0 Å². The molecule has 0 saturated heterocycles. The lowest BCUT2D eigenvalue weighted by atomic mass is 9.96. The summed E-state index contributed by atoms with van der Waals surface area (Å²) >= 11 is 0. The summed E-state index contributed by atoms with van der Waals surface area (Å²) in [7, 11) is 0. The van der Waals surface area contributed by atoms with E-state index in [0.29, 0.717) is 11.8 Å². The van der Waals surface area contributed by atoms with Crippen LogP contribution in [0, 0.1) is 11.8 Å². The van der Waals surface area contributed by atoms with Crippen molar-refractivity contribution in [2.24, 2.45) is 17.6 Å². The second-order valence-corrected chi connectivity index (χ2v) is 3.52. The van der Waals surface area contributed by atoms with Crippen molar-refractivity contribution in [3.05, 3.63) is 12.7 Å². The lowest BCUT2D eigenvalue weighted by molar-refractivity contribution is 0.373. The van der Waals surface area contributed by atoms with Crippen LogP contribution in [0.1, 0.15) is 20.3 Å². The van der Waals surface area contributed by atoms with Crippen LogP contribution in [0.3, 0.4) is 0 Å². The zero-order valence-electron chi connectivity index (χ0n) is 8.34. The molecule has 0 aromatic heterocycles. The van der Waals surface area contributed by atoms with Crippen LogP contribution in [0.25, 0.3) is 0 Å². The third-order valence-corrected chi connectivity index (χ3v) is 2.18. The average Bonchev–Trinajstić information content (AvgIpc) is 2.04. The van der Waals surface area contributed by atoms with Crippen LogP contribution in [0.2, 0.25) is 0 Å². The van der Waals surface area contributed by atoms with E-state index in [0.717, 1.165) is 26.1 Å². The molecular formula is C10H22N2. The van der Waals surface area contributed by atoms with Gasteiger partial charge in [0.1, 0.15) is 0 Å². The van der Waals surface area contributed by atoms with Crippen molar-refractivity contribution in [2.75, 3.05) is 19.6 Å². The molecule has 3 N–H and O–H groups in total. The molecule has 0 heterocycles. The lowest BCUT2D eigenvalue weighted by Crippen LogP contribution is -2.32. The first-order valence-corrected chi connectivity index (χ1v) is 4.74. The van der Waals surface area contributed by atoms with Crippen molar-refractivity contribution in [1.82, 2.24) is 5.32 Å². The topological polar surface area (TPSA) is 38.0 Å². The molecule has 0 spiro atoms. The van der Waals surface area contributed by atoms with Gasteiger partial charge in [-0.3, -0.25) is 0 Å². The molecule has 0 radical (unpaired) electrons. The Bertz CT molecular complexity index is 110. The second kappa shape index (κ2) is 7.32. The first-order chi connectivity index (χ1) is 5.72. The summed E-state index contributed by atoms with van der Waals surface area (Å²) in [5.74, 6) is 1.28. The molecule has 2 nitrogen and oxygen atoms in total. The van der Waals surface area contributed by atoms with E-state index >= 15 is 0 Å². The molecule has 0 fully saturated rings. The van der Waals surface area contributed by atoms with Gasteiger partial charge in [-0.2, -0.15) is 0 Å². The van der Waals surface area contributed by atoms with Gasteiger partial charge in [-0.25, -0.2) is 0 Å². The van der Waals surface area contributed by atoms with Gasteiger partial charge in [0.05, 0.1) is 0 Å². The minimum Gasteiger partial charge on any atom is -0.330 e. The fraction of sp³-hybridized carbons (Fsp3) is 0.800. The maximum atomic E-state index is 5.63. The zero-order chi connectivity index (χ0) is 9.40. The predicted octanol–water partition coefficient (Wildman–Crippen LogP) is 1.38. The zero-order valence-corrected chi connectivity index (χ0v) is 8.34. The van der Waals surface area contributed by atoms with Crippen LogP contribution in [-0.4, -0.2) is 19.6 Å². The average molecular weight is 170 g/mol. The third-order valence-electron chi connectivity index (χ3n) is 2.18. The van der Waals surface area contributed by atoms with E-state index in [1.54, 1.807) is 0 Å². The minimum atomic E-state index is 0.606. The molecule has 0 aromatic rings. The van der Waals surface area contributed by atoms with Gasteiger partial charge in [0.15, 0.2) is 0 Å². The Morgan fingerprint density at radius 1 is 1.50 bits per heavy atom. The number of nitrogens with one attached hydrogen (secondary N) is 1. The van der Waals surface area contributed by atoms with Crippen LogP contribution >= 0.6 is 0 Å². The molecule has 0 aliphatic heterocycles. The maximum Gasteiger partial charge on any atom is -0.000588 e. The van der Waals surface area contributed by atoms with Crippen LogP contribution in [0.5, 0.6) is 0 Å². The van der Waals surface area contributed by atoms with Crippen molar-refractivity contribution < 1.29 is 0 Å². The van der Waals surface area contributed by atoms with Crippen molar-refractivity contribution in [1.29, 1.82) is 0 Å². The number of hydrogen-bond acceptors (Lipinski definition) is 2.